The van der Waals surface area contributed by atoms with Crippen LogP contribution < -0.4 is 76.5 Å². The van der Waals surface area contributed by atoms with Gasteiger partial charge in [-0.05, 0) is 139 Å². The highest BCUT2D eigenvalue weighted by molar-refractivity contribution is 5.98. The normalized spacial score (nSPS) is 15.7. The Morgan fingerprint density at radius 1 is 0.325 bits per heavy atom. The average molecular weight is 1140 g/mol. The van der Waals surface area contributed by atoms with Crippen LogP contribution in [0.4, 0.5) is 0 Å². The standard InChI is InChI=1S/C56H108N14O10/c1-13-36(11)46(55(79)65-39(22-16-19-25-58)49(73)63-38(21-15-18-24-57)50(74)67-44(30-35(9)10)54(78)66-41(48(61)72)27-32(3)4)70-56(80)47(37(12)14-2)69-51(75)40(23-17-20-26-59)64-53(77)43(29-34(7)8)68-52(76)42(28-33(5)6)62-45(71)31-60/h32-44,46-47H,13-31,57-60H2,1-12H3,(H2,61,72)(H,62,71)(H,63,73)(H,64,77)(H,65,79)(H,66,78)(H,67,74)(H,68,76)(H,69,75)(H,70,80)/t36-,37-,38-,39-,40-,41-,42-,43-,44-,46-,47-/m0/s1. The summed E-state index contributed by atoms with van der Waals surface area (Å²) in [6.45, 7) is 22.8. The molecule has 0 rings (SSSR count). The predicted octanol–water partition coefficient (Wildman–Crippen LogP) is 0.457. The van der Waals surface area contributed by atoms with Crippen LogP contribution in [0.2, 0.25) is 0 Å². The van der Waals surface area contributed by atoms with Crippen molar-refractivity contribution in [3.63, 3.8) is 0 Å². The molecule has 0 spiro atoms. The summed E-state index contributed by atoms with van der Waals surface area (Å²) in [4.78, 5) is 138. The van der Waals surface area contributed by atoms with Gasteiger partial charge in [-0.2, -0.15) is 0 Å². The molecule has 0 aromatic heterocycles. The Kier molecular flexibility index (Phi) is 37.9. The summed E-state index contributed by atoms with van der Waals surface area (Å²) in [5.74, 6) is -7.56. The first-order valence-electron chi connectivity index (χ1n) is 29.4. The number of rotatable bonds is 43. The lowest BCUT2D eigenvalue weighted by Crippen LogP contribution is -2.62. The van der Waals surface area contributed by atoms with E-state index in [1.807, 2.05) is 69.2 Å². The number of nitrogens with two attached hydrogens (primary N) is 5. The van der Waals surface area contributed by atoms with Crippen LogP contribution in [-0.4, -0.2) is 140 Å². The number of hydrogen-bond acceptors (Lipinski definition) is 14. The first-order chi connectivity index (χ1) is 37.6. The van der Waals surface area contributed by atoms with Gasteiger partial charge in [0.1, 0.15) is 54.4 Å². The van der Waals surface area contributed by atoms with Crippen molar-refractivity contribution in [1.29, 1.82) is 0 Å². The fourth-order valence-electron chi connectivity index (χ4n) is 8.89. The van der Waals surface area contributed by atoms with Crippen LogP contribution in [0.3, 0.4) is 0 Å². The molecule has 0 aliphatic carbocycles. The average Bonchev–Trinajstić information content (AvgIpc) is 3.38. The van der Waals surface area contributed by atoms with Crippen molar-refractivity contribution in [2.75, 3.05) is 26.2 Å². The summed E-state index contributed by atoms with van der Waals surface area (Å²) in [6, 6.07) is -10.1. The number of primary amides is 1. The minimum absolute atomic E-state index is 0.00730. The van der Waals surface area contributed by atoms with Crippen LogP contribution in [0, 0.1) is 35.5 Å². The first-order valence-corrected chi connectivity index (χ1v) is 29.4. The second kappa shape index (κ2) is 40.7. The highest BCUT2D eigenvalue weighted by Crippen LogP contribution is 2.17. The molecule has 80 heavy (non-hydrogen) atoms. The molecule has 24 nitrogen and oxygen atoms in total. The maximum absolute atomic E-state index is 14.5. The minimum Gasteiger partial charge on any atom is -0.368 e. The molecule has 0 bridgehead atoms. The third kappa shape index (κ3) is 29.8. The van der Waals surface area contributed by atoms with E-state index < -0.39 is 125 Å². The molecule has 0 aliphatic heterocycles. The lowest BCUT2D eigenvalue weighted by atomic mass is 9.94. The van der Waals surface area contributed by atoms with E-state index in [0.29, 0.717) is 71.0 Å². The number of nitrogens with one attached hydrogen (secondary N) is 9. The fourth-order valence-corrected chi connectivity index (χ4v) is 8.89. The van der Waals surface area contributed by atoms with Gasteiger partial charge in [-0.1, -0.05) is 95.9 Å². The Balaban J connectivity index is 6.94. The Labute approximate surface area is 477 Å². The van der Waals surface area contributed by atoms with Crippen LogP contribution >= 0.6 is 0 Å². The molecule has 11 atom stereocenters. The molecular weight excluding hydrogens is 1030 g/mol. The van der Waals surface area contributed by atoms with E-state index >= 15 is 0 Å². The molecule has 0 aromatic rings. The number of carbonyl (C=O) groups is 10. The van der Waals surface area contributed by atoms with E-state index in [4.69, 9.17) is 28.7 Å². The van der Waals surface area contributed by atoms with Gasteiger partial charge in [0, 0.05) is 0 Å². The maximum atomic E-state index is 14.5. The van der Waals surface area contributed by atoms with Gasteiger partial charge in [-0.25, -0.2) is 0 Å². The van der Waals surface area contributed by atoms with Gasteiger partial charge >= 0.3 is 0 Å². The summed E-state index contributed by atoms with van der Waals surface area (Å²) in [7, 11) is 0. The van der Waals surface area contributed by atoms with E-state index in [1.54, 1.807) is 13.8 Å². The van der Waals surface area contributed by atoms with Crippen molar-refractivity contribution >= 4 is 59.1 Å². The molecule has 0 saturated heterocycles. The third-order valence-corrected chi connectivity index (χ3v) is 13.9. The van der Waals surface area contributed by atoms with Gasteiger partial charge in [0.2, 0.25) is 59.1 Å². The number of unbranched alkanes of at least 4 members (excludes halogenated alkanes) is 3. The number of amides is 10. The van der Waals surface area contributed by atoms with E-state index in [0.717, 1.165) is 0 Å². The number of hydrogen-bond donors (Lipinski definition) is 14. The molecule has 0 unspecified atom stereocenters. The zero-order valence-corrected chi connectivity index (χ0v) is 50.6. The Hall–Kier alpha value is -5.46. The number of carbonyl (C=O) groups excluding carboxylic acids is 10. The van der Waals surface area contributed by atoms with Gasteiger partial charge in [-0.15, -0.1) is 0 Å². The molecule has 462 valence electrons. The van der Waals surface area contributed by atoms with E-state index in [1.165, 1.54) is 0 Å². The minimum atomic E-state index is -1.21. The van der Waals surface area contributed by atoms with Crippen LogP contribution in [0.1, 0.15) is 179 Å². The van der Waals surface area contributed by atoms with Crippen LogP contribution in [-0.2, 0) is 47.9 Å². The fraction of sp³-hybridized carbons (Fsp3) is 0.821. The summed E-state index contributed by atoms with van der Waals surface area (Å²) in [6.07, 6.45) is 5.03. The zero-order chi connectivity index (χ0) is 61.2. The van der Waals surface area contributed by atoms with Crippen molar-refractivity contribution < 1.29 is 47.9 Å². The van der Waals surface area contributed by atoms with Crippen LogP contribution in [0.25, 0.3) is 0 Å². The second-order valence-electron chi connectivity index (χ2n) is 23.2. The third-order valence-electron chi connectivity index (χ3n) is 13.9. The van der Waals surface area contributed by atoms with Gasteiger partial charge in [0.25, 0.3) is 0 Å². The van der Waals surface area contributed by atoms with E-state index in [-0.39, 0.29) is 75.2 Å². The summed E-state index contributed by atoms with van der Waals surface area (Å²) < 4.78 is 0. The molecule has 0 fully saturated rings. The van der Waals surface area contributed by atoms with Crippen molar-refractivity contribution in [3.8, 4) is 0 Å². The van der Waals surface area contributed by atoms with Crippen molar-refractivity contribution in [2.24, 2.45) is 64.2 Å². The topological polar surface area (TPSA) is 409 Å². The summed E-state index contributed by atoms with van der Waals surface area (Å²) >= 11 is 0. The molecule has 19 N–H and O–H groups in total. The largest absolute Gasteiger partial charge is 0.368 e. The van der Waals surface area contributed by atoms with Crippen LogP contribution in [0.15, 0.2) is 0 Å². The molecule has 10 amide bonds. The predicted molar refractivity (Wildman–Crippen MR) is 311 cm³/mol. The van der Waals surface area contributed by atoms with Crippen molar-refractivity contribution in [1.82, 2.24) is 47.9 Å². The maximum Gasteiger partial charge on any atom is 0.243 e. The van der Waals surface area contributed by atoms with Gasteiger partial charge in [-0.3, -0.25) is 47.9 Å². The lowest BCUT2D eigenvalue weighted by Gasteiger charge is -2.31. The Bertz CT molecular complexity index is 1920. The lowest BCUT2D eigenvalue weighted by molar-refractivity contribution is -0.137. The van der Waals surface area contributed by atoms with Crippen LogP contribution in [0.5, 0.6) is 0 Å². The first kappa shape index (κ1) is 74.5. The molecule has 0 aromatic carbocycles. The van der Waals surface area contributed by atoms with Gasteiger partial charge < -0.3 is 76.5 Å². The summed E-state index contributed by atoms with van der Waals surface area (Å²) in [5.41, 5.74) is 28.6. The molecule has 0 saturated carbocycles. The highest BCUT2D eigenvalue weighted by Gasteiger charge is 2.38. The van der Waals surface area contributed by atoms with E-state index in [9.17, 15) is 47.9 Å². The van der Waals surface area contributed by atoms with E-state index in [2.05, 4.69) is 47.9 Å². The molecule has 24 heteroatoms. The van der Waals surface area contributed by atoms with Crippen molar-refractivity contribution in [3.05, 3.63) is 0 Å². The van der Waals surface area contributed by atoms with Crippen molar-refractivity contribution in [2.45, 2.75) is 234 Å². The quantitative estimate of drug-likeness (QED) is 0.0369. The SMILES string of the molecule is CC[C@H](C)[C@H](NC(=O)[C@H](CCCCN)NC(=O)[C@H](CC(C)C)NC(=O)[C@H](CC(C)C)NC(=O)CN)C(=O)N[C@H](C(=O)N[C@@H](CCCCN)C(=O)N[C@@H](CCCCN)C(=O)N[C@@H](CC(C)C)C(=O)N[C@@H](CC(C)C)C(N)=O)[C@@H](C)CC. The molecule has 0 heterocycles. The smallest absolute Gasteiger partial charge is 0.243 e. The molecular formula is C56H108N14O10. The Morgan fingerprint density at radius 3 is 0.875 bits per heavy atom. The molecule has 0 aliphatic rings. The second-order valence-corrected chi connectivity index (χ2v) is 23.2. The zero-order valence-electron chi connectivity index (χ0n) is 50.6. The monoisotopic (exact) mass is 1140 g/mol. The molecule has 0 radical (unpaired) electrons. The summed E-state index contributed by atoms with van der Waals surface area (Å²) in [5, 5.41) is 25.0. The Morgan fingerprint density at radius 2 is 0.575 bits per heavy atom. The van der Waals surface area contributed by atoms with Gasteiger partial charge in [0.05, 0.1) is 6.54 Å². The highest BCUT2D eigenvalue weighted by atomic mass is 16.2. The van der Waals surface area contributed by atoms with Gasteiger partial charge in [0.15, 0.2) is 0 Å².